The van der Waals surface area contributed by atoms with Gasteiger partial charge in [-0.1, -0.05) is 30.3 Å². The lowest BCUT2D eigenvalue weighted by molar-refractivity contribution is 0.0763. The van der Waals surface area contributed by atoms with E-state index in [0.717, 1.165) is 29.5 Å². The van der Waals surface area contributed by atoms with E-state index in [2.05, 4.69) is 4.98 Å². The number of benzene rings is 2. The Morgan fingerprint density at radius 2 is 1.69 bits per heavy atom. The van der Waals surface area contributed by atoms with Crippen molar-refractivity contribution in [2.45, 2.75) is 6.42 Å². The second-order valence-corrected chi connectivity index (χ2v) is 7.08. The Bertz CT molecular complexity index is 1230. The van der Waals surface area contributed by atoms with Crippen LogP contribution in [0.15, 0.2) is 68.2 Å². The SMILES string of the molecule is O=C(c1cc2ccccc2oc1=O)N1CCCN(c2nc3ccccc3o2)CC1. The zero-order valence-electron chi connectivity index (χ0n) is 15.7. The summed E-state index contributed by atoms with van der Waals surface area (Å²) in [6.45, 7) is 2.34. The second-order valence-electron chi connectivity index (χ2n) is 7.08. The lowest BCUT2D eigenvalue weighted by Gasteiger charge is -2.20. The minimum absolute atomic E-state index is 0.0685. The van der Waals surface area contributed by atoms with Crippen LogP contribution in [0.5, 0.6) is 0 Å². The van der Waals surface area contributed by atoms with E-state index in [9.17, 15) is 9.59 Å². The van der Waals surface area contributed by atoms with Crippen molar-refractivity contribution in [3.8, 4) is 0 Å². The number of carbonyl (C=O) groups is 1. The summed E-state index contributed by atoms with van der Waals surface area (Å²) >= 11 is 0. The molecular weight excluding hydrogens is 370 g/mol. The molecule has 1 amide bonds. The highest BCUT2D eigenvalue weighted by atomic mass is 16.4. The highest BCUT2D eigenvalue weighted by Crippen LogP contribution is 2.23. The number of hydrogen-bond donors (Lipinski definition) is 0. The maximum Gasteiger partial charge on any atom is 0.349 e. The van der Waals surface area contributed by atoms with Gasteiger partial charge in [-0.05, 0) is 30.7 Å². The number of amides is 1. The zero-order valence-corrected chi connectivity index (χ0v) is 15.7. The van der Waals surface area contributed by atoms with Gasteiger partial charge in [0.25, 0.3) is 11.9 Å². The standard InChI is InChI=1S/C22H19N3O4/c26-20(16-14-15-6-1-3-8-18(15)28-21(16)27)24-10-5-11-25(13-12-24)22-23-17-7-2-4-9-19(17)29-22/h1-4,6-9,14H,5,10-13H2. The lowest BCUT2D eigenvalue weighted by atomic mass is 10.1. The molecule has 0 radical (unpaired) electrons. The van der Waals surface area contributed by atoms with Gasteiger partial charge in [-0.15, -0.1) is 0 Å². The molecule has 1 saturated heterocycles. The first-order chi connectivity index (χ1) is 14.2. The smallest absolute Gasteiger partial charge is 0.349 e. The van der Waals surface area contributed by atoms with Crippen molar-refractivity contribution >= 4 is 34.0 Å². The Labute approximate surface area is 166 Å². The monoisotopic (exact) mass is 389 g/mol. The Hall–Kier alpha value is -3.61. The van der Waals surface area contributed by atoms with E-state index in [0.29, 0.717) is 31.2 Å². The fraction of sp³-hybridized carbons (Fsp3) is 0.227. The van der Waals surface area contributed by atoms with Gasteiger partial charge in [0.15, 0.2) is 5.58 Å². The number of rotatable bonds is 2. The Morgan fingerprint density at radius 3 is 2.55 bits per heavy atom. The van der Waals surface area contributed by atoms with E-state index in [1.807, 2.05) is 41.3 Å². The van der Waals surface area contributed by atoms with E-state index in [1.54, 1.807) is 23.1 Å². The van der Waals surface area contributed by atoms with E-state index in [1.165, 1.54) is 0 Å². The number of carbonyl (C=O) groups excluding carboxylic acids is 1. The predicted octanol–water partition coefficient (Wildman–Crippen LogP) is 3.29. The molecule has 1 aliphatic heterocycles. The van der Waals surface area contributed by atoms with Crippen molar-refractivity contribution in [2.24, 2.45) is 0 Å². The Morgan fingerprint density at radius 1 is 0.897 bits per heavy atom. The van der Waals surface area contributed by atoms with Gasteiger partial charge < -0.3 is 18.6 Å². The van der Waals surface area contributed by atoms with Gasteiger partial charge in [-0.3, -0.25) is 4.79 Å². The normalized spacial score (nSPS) is 15.0. The van der Waals surface area contributed by atoms with Crippen molar-refractivity contribution in [3.05, 3.63) is 70.6 Å². The second kappa shape index (κ2) is 7.09. The molecular formula is C22H19N3O4. The number of anilines is 1. The summed E-state index contributed by atoms with van der Waals surface area (Å²) in [7, 11) is 0. The minimum Gasteiger partial charge on any atom is -0.423 e. The predicted molar refractivity (Wildman–Crippen MR) is 109 cm³/mol. The summed E-state index contributed by atoms with van der Waals surface area (Å²) in [6, 6.07) is 17.0. The quantitative estimate of drug-likeness (QED) is 0.490. The summed E-state index contributed by atoms with van der Waals surface area (Å²) < 4.78 is 11.2. The summed E-state index contributed by atoms with van der Waals surface area (Å²) in [4.78, 5) is 33.6. The zero-order chi connectivity index (χ0) is 19.8. The molecule has 2 aromatic carbocycles. The van der Waals surface area contributed by atoms with E-state index < -0.39 is 5.63 Å². The van der Waals surface area contributed by atoms with Gasteiger partial charge in [0.05, 0.1) is 0 Å². The molecule has 1 fully saturated rings. The van der Waals surface area contributed by atoms with Crippen molar-refractivity contribution in [1.82, 2.24) is 9.88 Å². The third-order valence-corrected chi connectivity index (χ3v) is 5.21. The number of nitrogens with zero attached hydrogens (tertiary/aromatic N) is 3. The Kier molecular flexibility index (Phi) is 4.27. The molecule has 0 aliphatic carbocycles. The molecule has 0 bridgehead atoms. The van der Waals surface area contributed by atoms with E-state index in [4.69, 9.17) is 8.83 Å². The fourth-order valence-corrected chi connectivity index (χ4v) is 3.69. The van der Waals surface area contributed by atoms with Crippen LogP contribution in [0.3, 0.4) is 0 Å². The van der Waals surface area contributed by atoms with Gasteiger partial charge in [0.1, 0.15) is 16.7 Å². The summed E-state index contributed by atoms with van der Waals surface area (Å²) in [6.07, 6.45) is 0.753. The average Bonchev–Trinajstić information content (AvgIpc) is 3.02. The molecule has 2 aromatic heterocycles. The average molecular weight is 389 g/mol. The number of hydrogen-bond acceptors (Lipinski definition) is 6. The molecule has 29 heavy (non-hydrogen) atoms. The highest BCUT2D eigenvalue weighted by Gasteiger charge is 2.25. The largest absolute Gasteiger partial charge is 0.423 e. The van der Waals surface area contributed by atoms with Gasteiger partial charge in [-0.2, -0.15) is 4.98 Å². The van der Waals surface area contributed by atoms with Crippen LogP contribution >= 0.6 is 0 Å². The van der Waals surface area contributed by atoms with Crippen LogP contribution in [-0.4, -0.2) is 42.0 Å². The molecule has 0 atom stereocenters. The fourth-order valence-electron chi connectivity index (χ4n) is 3.69. The minimum atomic E-state index is -0.603. The van der Waals surface area contributed by atoms with Crippen LogP contribution in [0.1, 0.15) is 16.8 Å². The van der Waals surface area contributed by atoms with Crippen LogP contribution < -0.4 is 10.5 Å². The maximum atomic E-state index is 13.0. The molecule has 0 spiro atoms. The van der Waals surface area contributed by atoms with Crippen molar-refractivity contribution in [2.75, 3.05) is 31.1 Å². The highest BCUT2D eigenvalue weighted by molar-refractivity contribution is 5.96. The van der Waals surface area contributed by atoms with Crippen LogP contribution in [0.25, 0.3) is 22.1 Å². The van der Waals surface area contributed by atoms with Crippen LogP contribution in [0.4, 0.5) is 6.01 Å². The maximum absolute atomic E-state index is 13.0. The van der Waals surface area contributed by atoms with Gasteiger partial charge in [0.2, 0.25) is 0 Å². The topological polar surface area (TPSA) is 79.8 Å². The van der Waals surface area contributed by atoms with Crippen LogP contribution in [0, 0.1) is 0 Å². The summed E-state index contributed by atoms with van der Waals surface area (Å²) in [5.74, 6) is -0.302. The number of aromatic nitrogens is 1. The van der Waals surface area contributed by atoms with Gasteiger partial charge in [0, 0.05) is 31.6 Å². The molecule has 0 N–H and O–H groups in total. The first-order valence-electron chi connectivity index (χ1n) is 9.62. The van der Waals surface area contributed by atoms with Gasteiger partial charge >= 0.3 is 5.63 Å². The van der Waals surface area contributed by atoms with E-state index >= 15 is 0 Å². The van der Waals surface area contributed by atoms with Crippen molar-refractivity contribution in [3.63, 3.8) is 0 Å². The number of fused-ring (bicyclic) bond motifs is 2. The first-order valence-corrected chi connectivity index (χ1v) is 9.62. The van der Waals surface area contributed by atoms with Crippen LogP contribution in [-0.2, 0) is 0 Å². The molecule has 0 unspecified atom stereocenters. The van der Waals surface area contributed by atoms with Gasteiger partial charge in [-0.25, -0.2) is 4.79 Å². The molecule has 4 aromatic rings. The lowest BCUT2D eigenvalue weighted by Crippen LogP contribution is -2.37. The molecule has 5 rings (SSSR count). The molecule has 0 saturated carbocycles. The molecule has 146 valence electrons. The van der Waals surface area contributed by atoms with Crippen molar-refractivity contribution in [1.29, 1.82) is 0 Å². The summed E-state index contributed by atoms with van der Waals surface area (Å²) in [5, 5.41) is 0.735. The summed E-state index contributed by atoms with van der Waals surface area (Å²) in [5.41, 5.74) is 1.50. The molecule has 1 aliphatic rings. The number of oxazole rings is 1. The third-order valence-electron chi connectivity index (χ3n) is 5.21. The van der Waals surface area contributed by atoms with Crippen molar-refractivity contribution < 1.29 is 13.6 Å². The van der Waals surface area contributed by atoms with Crippen LogP contribution in [0.2, 0.25) is 0 Å². The molecule has 7 heteroatoms. The molecule has 7 nitrogen and oxygen atoms in total. The first kappa shape index (κ1) is 17.5. The Balaban J connectivity index is 1.37. The third kappa shape index (κ3) is 3.24. The van der Waals surface area contributed by atoms with E-state index in [-0.39, 0.29) is 11.5 Å². The molecule has 3 heterocycles. The number of para-hydroxylation sites is 3.